The molecule has 1 N–H and O–H groups in total. The number of rotatable bonds is 4. The summed E-state index contributed by atoms with van der Waals surface area (Å²) < 4.78 is 45.6. The number of fused-ring (bicyclic) bond motifs is 1. The molecule has 0 bridgehead atoms. The number of carbonyl (C=O) groups is 1. The van der Waals surface area contributed by atoms with E-state index in [0.717, 1.165) is 10.8 Å². The molecule has 0 unspecified atom stereocenters. The number of halogens is 1. The van der Waals surface area contributed by atoms with E-state index in [0.29, 0.717) is 22.6 Å². The first-order chi connectivity index (χ1) is 16.4. The molecule has 1 fully saturated rings. The third-order valence-corrected chi connectivity index (χ3v) is 7.27. The predicted octanol–water partition coefficient (Wildman–Crippen LogP) is 4.42. The minimum Gasteiger partial charge on any atom is -0.359 e. The van der Waals surface area contributed by atoms with E-state index >= 15 is 0 Å². The van der Waals surface area contributed by atoms with Crippen molar-refractivity contribution in [2.24, 2.45) is 0 Å². The topological polar surface area (TPSA) is 88.6 Å². The molecule has 172 valence electrons. The summed E-state index contributed by atoms with van der Waals surface area (Å²) >= 11 is 0. The quantitative estimate of drug-likeness (QED) is 0.470. The molecular weight excluding hydrogens is 457 g/mol. The summed E-state index contributed by atoms with van der Waals surface area (Å²) in [5.41, 5.74) is 1.92. The summed E-state index contributed by atoms with van der Waals surface area (Å²) in [6.07, 6.45) is 1.62. The molecule has 0 atom stereocenters. The van der Waals surface area contributed by atoms with Gasteiger partial charge < -0.3 is 10.1 Å². The lowest BCUT2D eigenvalue weighted by atomic mass is 10.0. The number of hydrogen-bond donors (Lipinski definition) is 1. The number of amides is 1. The van der Waals surface area contributed by atoms with Crippen LogP contribution in [0, 0.1) is 5.82 Å². The van der Waals surface area contributed by atoms with E-state index in [9.17, 15) is 17.6 Å². The smallest absolute Gasteiger partial charge is 0.255 e. The summed E-state index contributed by atoms with van der Waals surface area (Å²) in [5, 5.41) is 4.51. The van der Waals surface area contributed by atoms with Crippen molar-refractivity contribution < 1.29 is 22.3 Å². The van der Waals surface area contributed by atoms with Gasteiger partial charge in [0.05, 0.1) is 23.7 Å². The molecule has 1 aliphatic rings. The normalized spacial score (nSPS) is 15.3. The van der Waals surface area contributed by atoms with E-state index in [1.165, 1.54) is 28.6 Å². The maximum absolute atomic E-state index is 14.7. The Kier molecular flexibility index (Phi) is 5.72. The first-order valence-corrected chi connectivity index (χ1v) is 12.2. The van der Waals surface area contributed by atoms with Crippen molar-refractivity contribution in [1.82, 2.24) is 4.98 Å². The molecule has 0 spiro atoms. The summed E-state index contributed by atoms with van der Waals surface area (Å²) in [6, 6.07) is 19.9. The summed E-state index contributed by atoms with van der Waals surface area (Å²) in [4.78, 5) is 17.2. The van der Waals surface area contributed by atoms with Gasteiger partial charge >= 0.3 is 0 Å². The highest BCUT2D eigenvalue weighted by molar-refractivity contribution is 7.92. The molecule has 9 heteroatoms. The molecule has 1 aliphatic heterocycles. The first-order valence-electron chi connectivity index (χ1n) is 10.6. The van der Waals surface area contributed by atoms with E-state index in [2.05, 4.69) is 10.3 Å². The SMILES string of the molecule is O=C(Nc1ccc(F)c(-c2nccc3ccccc23)c1)c1ccc(N2COCCS2(=O)=O)cc1. The number of sulfonamides is 1. The highest BCUT2D eigenvalue weighted by Crippen LogP contribution is 2.30. The first kappa shape index (κ1) is 22.0. The Hall–Kier alpha value is -3.82. The fraction of sp³-hybridized carbons (Fsp3) is 0.120. The average molecular weight is 478 g/mol. The van der Waals surface area contributed by atoms with Crippen LogP contribution in [-0.4, -0.2) is 38.4 Å². The van der Waals surface area contributed by atoms with Crippen LogP contribution >= 0.6 is 0 Å². The maximum atomic E-state index is 14.7. The Balaban J connectivity index is 1.39. The molecule has 0 radical (unpaired) electrons. The van der Waals surface area contributed by atoms with Crippen LogP contribution in [0.1, 0.15) is 10.4 Å². The molecule has 2 heterocycles. The maximum Gasteiger partial charge on any atom is 0.255 e. The Morgan fingerprint density at radius 3 is 2.62 bits per heavy atom. The van der Waals surface area contributed by atoms with Crippen LogP contribution in [0.2, 0.25) is 0 Å². The number of benzene rings is 3. The van der Waals surface area contributed by atoms with Gasteiger partial charge in [0.1, 0.15) is 12.5 Å². The molecule has 34 heavy (non-hydrogen) atoms. The minimum absolute atomic E-state index is 0.0611. The second kappa shape index (κ2) is 8.85. The van der Waals surface area contributed by atoms with Gasteiger partial charge in [0.15, 0.2) is 0 Å². The Morgan fingerprint density at radius 1 is 1.03 bits per heavy atom. The molecule has 1 amide bonds. The second-order valence-electron chi connectivity index (χ2n) is 7.78. The fourth-order valence-corrected chi connectivity index (χ4v) is 5.07. The van der Waals surface area contributed by atoms with Gasteiger partial charge in [-0.05, 0) is 53.9 Å². The summed E-state index contributed by atoms with van der Waals surface area (Å²) in [5.74, 6) is -0.947. The Morgan fingerprint density at radius 2 is 1.82 bits per heavy atom. The Bertz CT molecular complexity index is 1480. The molecule has 0 aliphatic carbocycles. The van der Waals surface area contributed by atoms with E-state index in [1.54, 1.807) is 24.4 Å². The van der Waals surface area contributed by atoms with Crippen LogP contribution in [0.25, 0.3) is 22.0 Å². The van der Waals surface area contributed by atoms with Crippen LogP contribution in [-0.2, 0) is 14.8 Å². The highest BCUT2D eigenvalue weighted by Gasteiger charge is 2.26. The molecule has 1 aromatic heterocycles. The largest absolute Gasteiger partial charge is 0.359 e. The lowest BCUT2D eigenvalue weighted by Gasteiger charge is -2.28. The number of pyridine rings is 1. The lowest BCUT2D eigenvalue weighted by Crippen LogP contribution is -2.41. The number of carbonyl (C=O) groups excluding carboxylic acids is 1. The van der Waals surface area contributed by atoms with E-state index in [1.807, 2.05) is 30.3 Å². The third kappa shape index (κ3) is 4.23. The lowest BCUT2D eigenvalue weighted by molar-refractivity contribution is 0.102. The van der Waals surface area contributed by atoms with Crippen molar-refractivity contribution in [3.05, 3.63) is 90.4 Å². The van der Waals surface area contributed by atoms with Crippen LogP contribution < -0.4 is 9.62 Å². The van der Waals surface area contributed by atoms with Crippen molar-refractivity contribution in [3.8, 4) is 11.3 Å². The van der Waals surface area contributed by atoms with Gasteiger partial charge in [-0.2, -0.15) is 0 Å². The van der Waals surface area contributed by atoms with Gasteiger partial charge in [-0.25, -0.2) is 17.1 Å². The molecule has 5 rings (SSSR count). The van der Waals surface area contributed by atoms with Gasteiger partial charge in [0.2, 0.25) is 10.0 Å². The highest BCUT2D eigenvalue weighted by atomic mass is 32.2. The van der Waals surface area contributed by atoms with E-state index < -0.39 is 21.7 Å². The molecule has 7 nitrogen and oxygen atoms in total. The van der Waals surface area contributed by atoms with Crippen molar-refractivity contribution in [3.63, 3.8) is 0 Å². The monoisotopic (exact) mass is 477 g/mol. The summed E-state index contributed by atoms with van der Waals surface area (Å²) in [7, 11) is -3.44. The fourth-order valence-electron chi connectivity index (χ4n) is 3.84. The van der Waals surface area contributed by atoms with Gasteiger partial charge in [-0.1, -0.05) is 24.3 Å². The number of anilines is 2. The van der Waals surface area contributed by atoms with Gasteiger partial charge in [0, 0.05) is 28.4 Å². The number of ether oxygens (including phenoxy) is 1. The van der Waals surface area contributed by atoms with Gasteiger partial charge in [-0.3, -0.25) is 9.78 Å². The summed E-state index contributed by atoms with van der Waals surface area (Å²) in [6.45, 7) is 0.0989. The average Bonchev–Trinajstić information content (AvgIpc) is 2.85. The zero-order valence-electron chi connectivity index (χ0n) is 17.9. The van der Waals surface area contributed by atoms with Crippen molar-refractivity contribution in [2.45, 2.75) is 0 Å². The van der Waals surface area contributed by atoms with Gasteiger partial charge in [-0.15, -0.1) is 0 Å². The number of nitrogens with one attached hydrogen (secondary N) is 1. The zero-order valence-corrected chi connectivity index (χ0v) is 18.8. The van der Waals surface area contributed by atoms with Crippen LogP contribution in [0.15, 0.2) is 79.0 Å². The number of hydrogen-bond acceptors (Lipinski definition) is 5. The van der Waals surface area contributed by atoms with E-state index in [4.69, 9.17) is 4.74 Å². The predicted molar refractivity (Wildman–Crippen MR) is 129 cm³/mol. The molecule has 1 saturated heterocycles. The Labute approximate surface area is 195 Å². The van der Waals surface area contributed by atoms with Crippen LogP contribution in [0.5, 0.6) is 0 Å². The molecular formula is C25H20FN3O4S. The zero-order chi connectivity index (χ0) is 23.7. The van der Waals surface area contributed by atoms with Crippen LogP contribution in [0.4, 0.5) is 15.8 Å². The number of nitrogens with zero attached hydrogens (tertiary/aromatic N) is 2. The molecule has 4 aromatic rings. The van der Waals surface area contributed by atoms with Crippen molar-refractivity contribution in [2.75, 3.05) is 28.7 Å². The van der Waals surface area contributed by atoms with Crippen molar-refractivity contribution in [1.29, 1.82) is 0 Å². The molecule has 0 saturated carbocycles. The van der Waals surface area contributed by atoms with E-state index in [-0.39, 0.29) is 24.7 Å². The minimum atomic E-state index is -3.44. The third-order valence-electron chi connectivity index (χ3n) is 5.60. The second-order valence-corrected chi connectivity index (χ2v) is 9.79. The standard InChI is InChI=1S/C25H20FN3O4S/c26-23-10-7-19(15-22(23)24-21-4-2-1-3-17(21)11-12-27-24)28-25(30)18-5-8-20(9-6-18)29-16-33-13-14-34(29,31)32/h1-12,15H,13-14,16H2,(H,28,30). The van der Waals surface area contributed by atoms with Crippen molar-refractivity contribution >= 4 is 38.1 Å². The van der Waals surface area contributed by atoms with Gasteiger partial charge in [0.25, 0.3) is 5.91 Å². The number of aromatic nitrogens is 1. The van der Waals surface area contributed by atoms with Crippen LogP contribution in [0.3, 0.4) is 0 Å². The molecule has 3 aromatic carbocycles.